The third-order valence-electron chi connectivity index (χ3n) is 3.15. The average molecular weight is 383 g/mol. The number of imide groups is 1. The lowest BCUT2D eigenvalue weighted by atomic mass is 10.2. The second-order valence-electron chi connectivity index (χ2n) is 4.91. The number of benzene rings is 1. The summed E-state index contributed by atoms with van der Waals surface area (Å²) < 4.78 is 4.80. The van der Waals surface area contributed by atoms with Gasteiger partial charge < -0.3 is 10.1 Å². The lowest BCUT2D eigenvalue weighted by Gasteiger charge is -2.12. The number of rotatable bonds is 7. The van der Waals surface area contributed by atoms with E-state index in [-0.39, 0.29) is 30.0 Å². The summed E-state index contributed by atoms with van der Waals surface area (Å²) in [7, 11) is 0. The van der Waals surface area contributed by atoms with E-state index in [4.69, 9.17) is 16.3 Å². The summed E-state index contributed by atoms with van der Waals surface area (Å²) in [6.45, 7) is -0.261. The summed E-state index contributed by atoms with van der Waals surface area (Å²) in [6.07, 6.45) is 2.66. The van der Waals surface area contributed by atoms with Crippen molar-refractivity contribution >= 4 is 52.5 Å². The highest BCUT2D eigenvalue weighted by Crippen LogP contribution is 2.17. The van der Waals surface area contributed by atoms with Gasteiger partial charge in [-0.3, -0.25) is 19.3 Å². The van der Waals surface area contributed by atoms with Gasteiger partial charge in [0, 0.05) is 24.2 Å². The molecule has 1 saturated heterocycles. The Balaban J connectivity index is 1.67. The number of ether oxygens (including phenoxy) is 1. The molecule has 1 aromatic carbocycles. The van der Waals surface area contributed by atoms with Crippen LogP contribution in [0.15, 0.2) is 30.3 Å². The number of nitrogens with one attached hydrogen (secondary N) is 1. The number of carbonyl (C=O) groups is 4. The van der Waals surface area contributed by atoms with E-state index in [9.17, 15) is 19.2 Å². The number of hydrogen-bond acceptors (Lipinski definition) is 6. The largest absolute Gasteiger partial charge is 0.452 e. The first-order valence-corrected chi connectivity index (χ1v) is 8.67. The van der Waals surface area contributed by atoms with Crippen molar-refractivity contribution in [1.82, 2.24) is 10.2 Å². The Morgan fingerprint density at radius 2 is 2.08 bits per heavy atom. The molecule has 0 radical (unpaired) electrons. The molecule has 2 rings (SSSR count). The first-order chi connectivity index (χ1) is 12.0. The molecule has 0 bridgehead atoms. The standard InChI is InChI=1S/C16H15ClN2O5S/c17-12-4-2-1-3-11(12)5-6-15(22)24-9-13(20)18-7-8-19-14(21)10-25-16(19)23/h1-6H,7-10H2,(H,18,20)/b6-5+. The molecule has 1 aliphatic heterocycles. The number of esters is 1. The Kier molecular flexibility index (Phi) is 7.03. The van der Waals surface area contributed by atoms with Crippen LogP contribution < -0.4 is 5.32 Å². The fourth-order valence-corrected chi connectivity index (χ4v) is 2.86. The molecule has 1 fully saturated rings. The van der Waals surface area contributed by atoms with Gasteiger partial charge in [-0.1, -0.05) is 41.6 Å². The highest BCUT2D eigenvalue weighted by Gasteiger charge is 2.29. The van der Waals surface area contributed by atoms with Gasteiger partial charge in [0.1, 0.15) is 0 Å². The van der Waals surface area contributed by atoms with Gasteiger partial charge in [0.05, 0.1) is 5.75 Å². The number of amides is 3. The van der Waals surface area contributed by atoms with Gasteiger partial charge in [0.25, 0.3) is 11.1 Å². The van der Waals surface area contributed by atoms with Crippen LogP contribution in [0.1, 0.15) is 5.56 Å². The number of nitrogens with zero attached hydrogens (tertiary/aromatic N) is 1. The minimum Gasteiger partial charge on any atom is -0.452 e. The van der Waals surface area contributed by atoms with Crippen molar-refractivity contribution in [1.29, 1.82) is 0 Å². The lowest BCUT2D eigenvalue weighted by molar-refractivity contribution is -0.143. The zero-order valence-electron chi connectivity index (χ0n) is 13.1. The summed E-state index contributed by atoms with van der Waals surface area (Å²) >= 11 is 6.88. The number of thioether (sulfide) groups is 1. The normalized spacial score (nSPS) is 14.2. The van der Waals surface area contributed by atoms with Gasteiger partial charge in [0.2, 0.25) is 5.91 Å². The highest BCUT2D eigenvalue weighted by atomic mass is 35.5. The summed E-state index contributed by atoms with van der Waals surface area (Å²) in [5.41, 5.74) is 0.656. The van der Waals surface area contributed by atoms with Crippen molar-refractivity contribution in [2.24, 2.45) is 0 Å². The summed E-state index contributed by atoms with van der Waals surface area (Å²) in [5.74, 6) is -1.36. The monoisotopic (exact) mass is 382 g/mol. The Morgan fingerprint density at radius 1 is 1.32 bits per heavy atom. The van der Waals surface area contributed by atoms with E-state index in [1.165, 1.54) is 12.2 Å². The van der Waals surface area contributed by atoms with Crippen LogP contribution in [-0.2, 0) is 19.1 Å². The molecule has 1 aliphatic rings. The van der Waals surface area contributed by atoms with Crippen LogP contribution in [0.5, 0.6) is 0 Å². The molecule has 1 heterocycles. The third kappa shape index (κ3) is 5.91. The summed E-state index contributed by atoms with van der Waals surface area (Å²) in [6, 6.07) is 6.97. The van der Waals surface area contributed by atoms with E-state index in [0.29, 0.717) is 10.6 Å². The second kappa shape index (κ2) is 9.24. The molecule has 0 atom stereocenters. The SMILES string of the molecule is O=C(COC(=O)/C=C/c1ccccc1Cl)NCCN1C(=O)CSC1=O. The minimum absolute atomic E-state index is 0.0940. The fraction of sp³-hybridized carbons (Fsp3) is 0.250. The Bertz CT molecular complexity index is 706. The van der Waals surface area contributed by atoms with Crippen LogP contribution in [0.2, 0.25) is 5.02 Å². The number of halogens is 1. The van der Waals surface area contributed by atoms with E-state index in [0.717, 1.165) is 16.7 Å². The molecule has 1 aromatic rings. The lowest BCUT2D eigenvalue weighted by Crippen LogP contribution is -2.38. The predicted molar refractivity (Wildman–Crippen MR) is 94.0 cm³/mol. The molecular formula is C16H15ClN2O5S. The smallest absolute Gasteiger partial charge is 0.331 e. The van der Waals surface area contributed by atoms with Crippen molar-refractivity contribution in [2.75, 3.05) is 25.4 Å². The number of hydrogen-bond donors (Lipinski definition) is 1. The van der Waals surface area contributed by atoms with Crippen LogP contribution in [0.3, 0.4) is 0 Å². The average Bonchev–Trinajstić information content (AvgIpc) is 2.91. The zero-order chi connectivity index (χ0) is 18.2. The van der Waals surface area contributed by atoms with Crippen LogP contribution in [0.25, 0.3) is 6.08 Å². The highest BCUT2D eigenvalue weighted by molar-refractivity contribution is 8.14. The maximum Gasteiger partial charge on any atom is 0.331 e. The summed E-state index contributed by atoms with van der Waals surface area (Å²) in [4.78, 5) is 47.0. The first-order valence-electron chi connectivity index (χ1n) is 7.30. The molecular weight excluding hydrogens is 368 g/mol. The van der Waals surface area contributed by atoms with E-state index in [1.807, 2.05) is 0 Å². The van der Waals surface area contributed by atoms with Crippen LogP contribution >= 0.6 is 23.4 Å². The molecule has 9 heteroatoms. The van der Waals surface area contributed by atoms with E-state index in [1.54, 1.807) is 24.3 Å². The van der Waals surface area contributed by atoms with Gasteiger partial charge in [-0.15, -0.1) is 0 Å². The Morgan fingerprint density at radius 3 is 2.76 bits per heavy atom. The van der Waals surface area contributed by atoms with Gasteiger partial charge >= 0.3 is 5.97 Å². The molecule has 7 nitrogen and oxygen atoms in total. The molecule has 0 aromatic heterocycles. The maximum atomic E-state index is 11.6. The van der Waals surface area contributed by atoms with Crippen LogP contribution in [-0.4, -0.2) is 53.4 Å². The van der Waals surface area contributed by atoms with E-state index >= 15 is 0 Å². The van der Waals surface area contributed by atoms with Gasteiger partial charge in [0.15, 0.2) is 6.61 Å². The van der Waals surface area contributed by atoms with Crippen molar-refractivity contribution in [3.8, 4) is 0 Å². The minimum atomic E-state index is -0.684. The topological polar surface area (TPSA) is 92.8 Å². The van der Waals surface area contributed by atoms with Gasteiger partial charge in [-0.2, -0.15) is 0 Å². The fourth-order valence-electron chi connectivity index (χ4n) is 1.91. The van der Waals surface area contributed by atoms with Crippen molar-refractivity contribution < 1.29 is 23.9 Å². The van der Waals surface area contributed by atoms with Crippen molar-refractivity contribution in [3.05, 3.63) is 40.9 Å². The van der Waals surface area contributed by atoms with E-state index in [2.05, 4.69) is 5.32 Å². The zero-order valence-corrected chi connectivity index (χ0v) is 14.6. The molecule has 0 spiro atoms. The molecule has 0 aliphatic carbocycles. The van der Waals surface area contributed by atoms with Crippen LogP contribution in [0.4, 0.5) is 4.79 Å². The molecule has 132 valence electrons. The molecule has 1 N–H and O–H groups in total. The summed E-state index contributed by atoms with van der Waals surface area (Å²) in [5, 5.41) is 2.64. The Labute approximate surface area is 153 Å². The number of carbonyl (C=O) groups excluding carboxylic acids is 4. The van der Waals surface area contributed by atoms with Gasteiger partial charge in [-0.25, -0.2) is 4.79 Å². The van der Waals surface area contributed by atoms with E-state index < -0.39 is 18.5 Å². The van der Waals surface area contributed by atoms with Crippen molar-refractivity contribution in [3.63, 3.8) is 0 Å². The van der Waals surface area contributed by atoms with Gasteiger partial charge in [-0.05, 0) is 17.7 Å². The molecule has 3 amide bonds. The maximum absolute atomic E-state index is 11.6. The quantitative estimate of drug-likeness (QED) is 0.570. The molecule has 0 saturated carbocycles. The first kappa shape index (κ1) is 19.0. The molecule has 25 heavy (non-hydrogen) atoms. The molecule has 0 unspecified atom stereocenters. The van der Waals surface area contributed by atoms with Crippen LogP contribution in [0, 0.1) is 0 Å². The van der Waals surface area contributed by atoms with Crippen molar-refractivity contribution in [2.45, 2.75) is 0 Å². The second-order valence-corrected chi connectivity index (χ2v) is 6.25. The third-order valence-corrected chi connectivity index (χ3v) is 4.35. The Hall–Kier alpha value is -2.32. The predicted octanol–water partition coefficient (Wildman–Crippen LogP) is 1.71.